The zero-order valence-corrected chi connectivity index (χ0v) is 17.1. The fourth-order valence-electron chi connectivity index (χ4n) is 3.06. The minimum atomic E-state index is -0.153. The molecule has 0 unspecified atom stereocenters. The van der Waals surface area contributed by atoms with E-state index in [4.69, 9.17) is 9.47 Å². The second-order valence-electron chi connectivity index (χ2n) is 6.74. The number of benzene rings is 2. The van der Waals surface area contributed by atoms with Crippen LogP contribution < -0.4 is 20.1 Å². The van der Waals surface area contributed by atoms with Crippen molar-refractivity contribution in [2.75, 3.05) is 24.9 Å². The topological polar surface area (TPSA) is 72.5 Å². The number of para-hydroxylation sites is 1. The van der Waals surface area contributed by atoms with E-state index < -0.39 is 0 Å². The van der Waals surface area contributed by atoms with Gasteiger partial charge in [-0.15, -0.1) is 0 Å². The molecule has 0 atom stereocenters. The second-order valence-corrected chi connectivity index (χ2v) is 6.74. The molecule has 150 valence electrons. The number of hydrogen-bond donors (Lipinski definition) is 2. The summed E-state index contributed by atoms with van der Waals surface area (Å²) < 4.78 is 10.5. The lowest BCUT2D eigenvalue weighted by molar-refractivity contribution is -0.115. The lowest BCUT2D eigenvalue weighted by Crippen LogP contribution is -2.15. The SMILES string of the molecule is COc1ccc(CC(=O)Nc2ccc(Nc3c(C)cccc3C)cn2)cc1OC. The molecule has 3 aromatic rings. The number of methoxy groups -OCH3 is 2. The molecule has 0 radical (unpaired) electrons. The average molecular weight is 391 g/mol. The van der Waals surface area contributed by atoms with Gasteiger partial charge in [0, 0.05) is 5.69 Å². The molecule has 1 aromatic heterocycles. The molecule has 29 heavy (non-hydrogen) atoms. The highest BCUT2D eigenvalue weighted by atomic mass is 16.5. The minimum Gasteiger partial charge on any atom is -0.493 e. The molecule has 2 aromatic carbocycles. The number of carbonyl (C=O) groups excluding carboxylic acids is 1. The van der Waals surface area contributed by atoms with Crippen molar-refractivity contribution in [1.29, 1.82) is 0 Å². The summed E-state index contributed by atoms with van der Waals surface area (Å²) in [5, 5.41) is 6.20. The van der Waals surface area contributed by atoms with E-state index in [2.05, 4.69) is 41.6 Å². The van der Waals surface area contributed by atoms with E-state index in [1.807, 2.05) is 18.2 Å². The molecule has 2 N–H and O–H groups in total. The van der Waals surface area contributed by atoms with Gasteiger partial charge < -0.3 is 20.1 Å². The van der Waals surface area contributed by atoms with Crippen LogP contribution in [0.15, 0.2) is 54.7 Å². The Kier molecular flexibility index (Phi) is 6.34. The fraction of sp³-hybridized carbons (Fsp3) is 0.217. The van der Waals surface area contributed by atoms with E-state index in [1.54, 1.807) is 38.6 Å². The van der Waals surface area contributed by atoms with Crippen LogP contribution in [-0.2, 0) is 11.2 Å². The van der Waals surface area contributed by atoms with E-state index >= 15 is 0 Å². The highest BCUT2D eigenvalue weighted by Crippen LogP contribution is 2.28. The molecule has 0 fully saturated rings. The molecule has 0 spiro atoms. The summed E-state index contributed by atoms with van der Waals surface area (Å²) in [7, 11) is 3.15. The van der Waals surface area contributed by atoms with Crippen molar-refractivity contribution in [1.82, 2.24) is 4.98 Å². The molecule has 0 bridgehead atoms. The van der Waals surface area contributed by atoms with E-state index in [-0.39, 0.29) is 12.3 Å². The third-order valence-electron chi connectivity index (χ3n) is 4.59. The van der Waals surface area contributed by atoms with E-state index in [0.717, 1.165) is 28.1 Å². The van der Waals surface area contributed by atoms with E-state index in [9.17, 15) is 4.79 Å². The molecular formula is C23H25N3O3. The number of pyridine rings is 1. The molecule has 0 aliphatic rings. The van der Waals surface area contributed by atoms with Crippen LogP contribution in [0.3, 0.4) is 0 Å². The van der Waals surface area contributed by atoms with E-state index in [0.29, 0.717) is 17.3 Å². The number of nitrogens with zero attached hydrogens (tertiary/aromatic N) is 1. The number of amides is 1. The standard InChI is InChI=1S/C23H25N3O3/c1-15-6-5-7-16(2)23(15)25-18-9-11-21(24-14-18)26-22(27)13-17-8-10-19(28-3)20(12-17)29-4/h5-12,14,25H,13H2,1-4H3,(H,24,26,27). The van der Waals surface area contributed by atoms with Gasteiger partial charge in [-0.25, -0.2) is 4.98 Å². The fourth-order valence-corrected chi connectivity index (χ4v) is 3.06. The molecular weight excluding hydrogens is 366 g/mol. The first kappa shape index (κ1) is 20.2. The van der Waals surface area contributed by atoms with Crippen LogP contribution in [0.2, 0.25) is 0 Å². The largest absolute Gasteiger partial charge is 0.493 e. The number of nitrogens with one attached hydrogen (secondary N) is 2. The lowest BCUT2D eigenvalue weighted by atomic mass is 10.1. The van der Waals surface area contributed by atoms with Crippen molar-refractivity contribution >= 4 is 23.1 Å². The first-order valence-electron chi connectivity index (χ1n) is 9.30. The minimum absolute atomic E-state index is 0.153. The molecule has 0 aliphatic heterocycles. The van der Waals surface area contributed by atoms with Crippen molar-refractivity contribution in [3.05, 3.63) is 71.4 Å². The van der Waals surface area contributed by atoms with Gasteiger partial charge in [0.05, 0.1) is 32.5 Å². The Morgan fingerprint density at radius 3 is 2.31 bits per heavy atom. The van der Waals surface area contributed by atoms with Crippen molar-refractivity contribution in [2.24, 2.45) is 0 Å². The van der Waals surface area contributed by atoms with Crippen molar-refractivity contribution in [3.8, 4) is 11.5 Å². The second kappa shape index (κ2) is 9.10. The third kappa shape index (κ3) is 5.04. The predicted molar refractivity (Wildman–Crippen MR) is 115 cm³/mol. The molecule has 6 heteroatoms. The first-order valence-corrected chi connectivity index (χ1v) is 9.30. The Labute approximate surface area is 170 Å². The van der Waals surface area contributed by atoms with Gasteiger partial charge in [-0.05, 0) is 54.8 Å². The van der Waals surface area contributed by atoms with Crippen molar-refractivity contribution in [3.63, 3.8) is 0 Å². The van der Waals surface area contributed by atoms with Crippen LogP contribution >= 0.6 is 0 Å². The number of rotatable bonds is 7. The maximum absolute atomic E-state index is 12.4. The molecule has 0 saturated heterocycles. The number of anilines is 3. The first-order chi connectivity index (χ1) is 14.0. The predicted octanol–water partition coefficient (Wildman–Crippen LogP) is 4.64. The lowest BCUT2D eigenvalue weighted by Gasteiger charge is -2.13. The smallest absolute Gasteiger partial charge is 0.229 e. The third-order valence-corrected chi connectivity index (χ3v) is 4.59. The highest BCUT2D eigenvalue weighted by molar-refractivity contribution is 5.91. The van der Waals surface area contributed by atoms with E-state index in [1.165, 1.54) is 0 Å². The number of aromatic nitrogens is 1. The van der Waals surface area contributed by atoms with Crippen molar-refractivity contribution in [2.45, 2.75) is 20.3 Å². The summed E-state index contributed by atoms with van der Waals surface area (Å²) in [6.45, 7) is 4.12. The van der Waals surface area contributed by atoms with Gasteiger partial charge >= 0.3 is 0 Å². The number of aryl methyl sites for hydroxylation is 2. The average Bonchev–Trinajstić information content (AvgIpc) is 2.72. The summed E-state index contributed by atoms with van der Waals surface area (Å²) in [5.74, 6) is 1.57. The van der Waals surface area contributed by atoms with Crippen LogP contribution in [0, 0.1) is 13.8 Å². The van der Waals surface area contributed by atoms with Gasteiger partial charge in [-0.1, -0.05) is 24.3 Å². The molecule has 0 saturated carbocycles. The summed E-state index contributed by atoms with van der Waals surface area (Å²) >= 11 is 0. The quantitative estimate of drug-likeness (QED) is 0.614. The molecule has 3 rings (SSSR count). The Balaban J connectivity index is 1.63. The molecule has 0 aliphatic carbocycles. The maximum atomic E-state index is 12.4. The molecule has 1 amide bonds. The summed E-state index contributed by atoms with van der Waals surface area (Å²) in [6, 6.07) is 15.2. The van der Waals surface area contributed by atoms with Gasteiger partial charge in [0.15, 0.2) is 11.5 Å². The van der Waals surface area contributed by atoms with Gasteiger partial charge in [-0.3, -0.25) is 4.79 Å². The normalized spacial score (nSPS) is 10.3. The van der Waals surface area contributed by atoms with Crippen LogP contribution in [0.1, 0.15) is 16.7 Å². The Morgan fingerprint density at radius 1 is 0.966 bits per heavy atom. The van der Waals surface area contributed by atoms with Gasteiger partial charge in [0.1, 0.15) is 5.82 Å². The number of ether oxygens (including phenoxy) is 2. The summed E-state index contributed by atoms with van der Waals surface area (Å²) in [6.07, 6.45) is 1.92. The van der Waals surface area contributed by atoms with Crippen LogP contribution in [0.4, 0.5) is 17.2 Å². The Hall–Kier alpha value is -3.54. The maximum Gasteiger partial charge on any atom is 0.229 e. The monoisotopic (exact) mass is 391 g/mol. The molecule has 1 heterocycles. The Bertz CT molecular complexity index is 980. The Morgan fingerprint density at radius 2 is 1.69 bits per heavy atom. The van der Waals surface area contributed by atoms with Gasteiger partial charge in [0.25, 0.3) is 0 Å². The number of carbonyl (C=O) groups is 1. The summed E-state index contributed by atoms with van der Waals surface area (Å²) in [5.41, 5.74) is 5.09. The zero-order chi connectivity index (χ0) is 20.8. The van der Waals surface area contributed by atoms with Crippen molar-refractivity contribution < 1.29 is 14.3 Å². The van der Waals surface area contributed by atoms with Crippen LogP contribution in [0.25, 0.3) is 0 Å². The summed E-state index contributed by atoms with van der Waals surface area (Å²) in [4.78, 5) is 16.7. The zero-order valence-electron chi connectivity index (χ0n) is 17.1. The van der Waals surface area contributed by atoms with Gasteiger partial charge in [0.2, 0.25) is 5.91 Å². The highest BCUT2D eigenvalue weighted by Gasteiger charge is 2.10. The van der Waals surface area contributed by atoms with Gasteiger partial charge in [-0.2, -0.15) is 0 Å². The molecule has 6 nitrogen and oxygen atoms in total. The number of hydrogen-bond acceptors (Lipinski definition) is 5. The van der Waals surface area contributed by atoms with Crippen LogP contribution in [-0.4, -0.2) is 25.1 Å². The van der Waals surface area contributed by atoms with Crippen LogP contribution in [0.5, 0.6) is 11.5 Å².